The fraction of sp³-hybridized carbons (Fsp3) is 0.762. The Morgan fingerprint density at radius 1 is 1.24 bits per heavy atom. The third kappa shape index (κ3) is 6.27. The van der Waals surface area contributed by atoms with Crippen molar-refractivity contribution >= 4 is 11.8 Å². The molecule has 3 heterocycles. The molecule has 1 aromatic rings. The number of aliphatic hydroxyl groups is 1. The second-order valence-electron chi connectivity index (χ2n) is 8.66. The molecule has 2 saturated heterocycles. The van der Waals surface area contributed by atoms with Crippen LogP contribution in [0, 0.1) is 6.92 Å². The lowest BCUT2D eigenvalue weighted by atomic mass is 9.93. The zero-order chi connectivity index (χ0) is 20.9. The summed E-state index contributed by atoms with van der Waals surface area (Å²) < 4.78 is 1.86. The number of rotatable bonds is 6. The first kappa shape index (κ1) is 21.8. The van der Waals surface area contributed by atoms with Gasteiger partial charge in [0.15, 0.2) is 0 Å². The zero-order valence-corrected chi connectivity index (χ0v) is 17.8. The number of aryl methyl sites for hydroxylation is 2. The molecule has 0 aromatic carbocycles. The van der Waals surface area contributed by atoms with Crippen LogP contribution >= 0.6 is 0 Å². The highest BCUT2D eigenvalue weighted by Gasteiger charge is 2.34. The quantitative estimate of drug-likeness (QED) is 0.735. The van der Waals surface area contributed by atoms with Gasteiger partial charge in [0, 0.05) is 70.5 Å². The average molecular weight is 406 g/mol. The summed E-state index contributed by atoms with van der Waals surface area (Å²) in [6.07, 6.45) is 6.21. The lowest BCUT2D eigenvalue weighted by molar-refractivity contribution is -0.131. The van der Waals surface area contributed by atoms with Crippen LogP contribution in [-0.4, -0.2) is 80.9 Å². The third-order valence-corrected chi connectivity index (χ3v) is 6.25. The summed E-state index contributed by atoms with van der Waals surface area (Å²) in [4.78, 5) is 28.1. The Labute approximate surface area is 173 Å². The van der Waals surface area contributed by atoms with Crippen LogP contribution < -0.4 is 5.32 Å². The smallest absolute Gasteiger partial charge is 0.224 e. The summed E-state index contributed by atoms with van der Waals surface area (Å²) in [7, 11) is 0. The highest BCUT2D eigenvalue weighted by atomic mass is 16.3. The van der Waals surface area contributed by atoms with Gasteiger partial charge in [0.2, 0.25) is 11.8 Å². The van der Waals surface area contributed by atoms with Crippen molar-refractivity contribution in [3.8, 4) is 0 Å². The fourth-order valence-corrected chi connectivity index (χ4v) is 4.52. The van der Waals surface area contributed by atoms with E-state index in [1.165, 1.54) is 0 Å². The van der Waals surface area contributed by atoms with Gasteiger partial charge < -0.3 is 20.2 Å². The molecule has 0 saturated carbocycles. The molecule has 1 unspecified atom stereocenters. The number of piperidine rings is 1. The molecule has 2 amide bonds. The van der Waals surface area contributed by atoms with E-state index in [-0.39, 0.29) is 17.9 Å². The van der Waals surface area contributed by atoms with Crippen molar-refractivity contribution in [2.24, 2.45) is 0 Å². The minimum absolute atomic E-state index is 0.0262. The molecule has 0 spiro atoms. The summed E-state index contributed by atoms with van der Waals surface area (Å²) in [5, 5.41) is 18.4. The molecule has 0 bridgehead atoms. The maximum Gasteiger partial charge on any atom is 0.224 e. The number of hydrogen-bond acceptors (Lipinski definition) is 5. The van der Waals surface area contributed by atoms with Gasteiger partial charge in [-0.3, -0.25) is 14.3 Å². The Kier molecular flexibility index (Phi) is 7.29. The Balaban J connectivity index is 1.44. The standard InChI is InChI=1S/C21H35N5O3/c1-17-4-10-22-26(17)14-7-20(28)25-11-3-8-21(29,9-15-25)16-24-12-5-19(6-13-24)23-18(2)27/h4,10,19,29H,3,5-9,11-16H2,1-2H3,(H,23,27). The fourth-order valence-electron chi connectivity index (χ4n) is 4.52. The van der Waals surface area contributed by atoms with Gasteiger partial charge in [0.05, 0.1) is 5.60 Å². The van der Waals surface area contributed by atoms with Crippen molar-refractivity contribution in [3.63, 3.8) is 0 Å². The van der Waals surface area contributed by atoms with E-state index in [4.69, 9.17) is 0 Å². The number of nitrogens with one attached hydrogen (secondary N) is 1. The molecule has 162 valence electrons. The minimum Gasteiger partial charge on any atom is -0.388 e. The summed E-state index contributed by atoms with van der Waals surface area (Å²) >= 11 is 0. The summed E-state index contributed by atoms with van der Waals surface area (Å²) in [5.41, 5.74) is 0.319. The number of amides is 2. The molecule has 0 radical (unpaired) electrons. The van der Waals surface area contributed by atoms with Gasteiger partial charge in [-0.15, -0.1) is 0 Å². The minimum atomic E-state index is -0.742. The maximum absolute atomic E-state index is 12.6. The molecule has 3 rings (SSSR count). The van der Waals surface area contributed by atoms with Crippen LogP contribution in [0.25, 0.3) is 0 Å². The number of aromatic nitrogens is 2. The number of nitrogens with zero attached hydrogens (tertiary/aromatic N) is 4. The molecule has 8 nitrogen and oxygen atoms in total. The monoisotopic (exact) mass is 405 g/mol. The number of likely N-dealkylation sites (tertiary alicyclic amines) is 2. The van der Waals surface area contributed by atoms with Crippen LogP contribution in [0.5, 0.6) is 0 Å². The van der Waals surface area contributed by atoms with Crippen LogP contribution in [0.15, 0.2) is 12.3 Å². The van der Waals surface area contributed by atoms with E-state index in [0.29, 0.717) is 39.0 Å². The topological polar surface area (TPSA) is 90.7 Å². The maximum atomic E-state index is 12.6. The zero-order valence-electron chi connectivity index (χ0n) is 17.8. The number of carbonyl (C=O) groups is 2. The van der Waals surface area contributed by atoms with Crippen molar-refractivity contribution in [1.29, 1.82) is 0 Å². The first-order valence-electron chi connectivity index (χ1n) is 10.8. The van der Waals surface area contributed by atoms with E-state index in [9.17, 15) is 14.7 Å². The Morgan fingerprint density at radius 3 is 2.66 bits per heavy atom. The molecule has 29 heavy (non-hydrogen) atoms. The molecule has 8 heteroatoms. The number of hydrogen-bond donors (Lipinski definition) is 2. The molecule has 2 N–H and O–H groups in total. The summed E-state index contributed by atoms with van der Waals surface area (Å²) in [5.74, 6) is 0.165. The highest BCUT2D eigenvalue weighted by molar-refractivity contribution is 5.76. The predicted molar refractivity (Wildman–Crippen MR) is 110 cm³/mol. The molecule has 0 aliphatic carbocycles. The van der Waals surface area contributed by atoms with E-state index in [0.717, 1.165) is 44.5 Å². The van der Waals surface area contributed by atoms with Crippen LogP contribution in [0.3, 0.4) is 0 Å². The predicted octanol–water partition coefficient (Wildman–Crippen LogP) is 0.926. The third-order valence-electron chi connectivity index (χ3n) is 6.25. The van der Waals surface area contributed by atoms with Gasteiger partial charge >= 0.3 is 0 Å². The van der Waals surface area contributed by atoms with Gasteiger partial charge in [-0.2, -0.15) is 5.10 Å². The van der Waals surface area contributed by atoms with E-state index in [1.807, 2.05) is 22.6 Å². The lowest BCUT2D eigenvalue weighted by Gasteiger charge is -2.38. The van der Waals surface area contributed by atoms with Crippen LogP contribution in [-0.2, 0) is 16.1 Å². The van der Waals surface area contributed by atoms with Gasteiger partial charge in [-0.1, -0.05) is 0 Å². The normalized spacial score (nSPS) is 24.3. The first-order valence-corrected chi connectivity index (χ1v) is 10.8. The average Bonchev–Trinajstić information content (AvgIpc) is 2.98. The van der Waals surface area contributed by atoms with E-state index >= 15 is 0 Å². The van der Waals surface area contributed by atoms with E-state index in [2.05, 4.69) is 15.3 Å². The van der Waals surface area contributed by atoms with Crippen LogP contribution in [0.2, 0.25) is 0 Å². The van der Waals surface area contributed by atoms with E-state index in [1.54, 1.807) is 13.1 Å². The van der Waals surface area contributed by atoms with Gasteiger partial charge in [0.25, 0.3) is 0 Å². The van der Waals surface area contributed by atoms with Crippen molar-refractivity contribution < 1.29 is 14.7 Å². The molecular formula is C21H35N5O3. The van der Waals surface area contributed by atoms with Gasteiger partial charge in [0.1, 0.15) is 0 Å². The second kappa shape index (κ2) is 9.71. The van der Waals surface area contributed by atoms with Gasteiger partial charge in [-0.25, -0.2) is 0 Å². The highest BCUT2D eigenvalue weighted by Crippen LogP contribution is 2.25. The molecule has 1 aromatic heterocycles. The number of β-amino-alcohol motifs (C(OH)–C–C–N with tert-alkyl or cyclic N) is 1. The largest absolute Gasteiger partial charge is 0.388 e. The van der Waals surface area contributed by atoms with Crippen molar-refractivity contribution in [3.05, 3.63) is 18.0 Å². The molecule has 2 aliphatic heterocycles. The second-order valence-corrected chi connectivity index (χ2v) is 8.66. The Hall–Kier alpha value is -1.93. The number of carbonyl (C=O) groups excluding carboxylic acids is 2. The van der Waals surface area contributed by atoms with Crippen molar-refractivity contribution in [1.82, 2.24) is 24.9 Å². The summed E-state index contributed by atoms with van der Waals surface area (Å²) in [6.45, 7) is 7.89. The first-order chi connectivity index (χ1) is 13.8. The van der Waals surface area contributed by atoms with E-state index < -0.39 is 5.60 Å². The molecule has 2 aliphatic rings. The Morgan fingerprint density at radius 2 is 2.00 bits per heavy atom. The van der Waals surface area contributed by atoms with Crippen molar-refractivity contribution in [2.45, 2.75) is 70.6 Å². The molecule has 1 atom stereocenters. The van der Waals surface area contributed by atoms with Crippen LogP contribution in [0.1, 0.15) is 51.1 Å². The summed E-state index contributed by atoms with van der Waals surface area (Å²) in [6, 6.07) is 2.19. The Bertz CT molecular complexity index is 698. The SMILES string of the molecule is CC(=O)NC1CCN(CC2(O)CCCN(C(=O)CCn3nccc3C)CC2)CC1. The lowest BCUT2D eigenvalue weighted by Crippen LogP contribution is -2.50. The van der Waals surface area contributed by atoms with Crippen LogP contribution in [0.4, 0.5) is 0 Å². The molecule has 2 fully saturated rings. The van der Waals surface area contributed by atoms with Crippen molar-refractivity contribution in [2.75, 3.05) is 32.7 Å². The van der Waals surface area contributed by atoms with Gasteiger partial charge in [-0.05, 0) is 45.1 Å². The molecular weight excluding hydrogens is 370 g/mol.